The van der Waals surface area contributed by atoms with Crippen LogP contribution in [-0.2, 0) is 6.54 Å². The molecule has 1 aromatic heterocycles. The van der Waals surface area contributed by atoms with E-state index in [1.54, 1.807) is 0 Å². The number of ether oxygens (including phenoxy) is 2. The van der Waals surface area contributed by atoms with E-state index in [9.17, 15) is 18.0 Å². The molecule has 0 bridgehead atoms. The number of alkyl halides is 3. The minimum Gasteiger partial charge on any atom is -0.491 e. The molecule has 100 valence electrons. The van der Waals surface area contributed by atoms with E-state index in [4.69, 9.17) is 10.8 Å². The number of carboxylic acid groups (broad SMARTS) is 1. The minimum atomic E-state index is -5.05. The Morgan fingerprint density at radius 1 is 1.56 bits per heavy atom. The normalized spacial score (nSPS) is 11.2. The number of nitrogens with two attached hydrogens (primary N) is 1. The van der Waals surface area contributed by atoms with Gasteiger partial charge in [-0.1, -0.05) is 0 Å². The van der Waals surface area contributed by atoms with Gasteiger partial charge >= 0.3 is 12.3 Å². The maximum Gasteiger partial charge on any atom is 0.573 e. The summed E-state index contributed by atoms with van der Waals surface area (Å²) in [5.74, 6) is -3.05. The van der Waals surface area contributed by atoms with E-state index >= 15 is 0 Å². The van der Waals surface area contributed by atoms with Crippen LogP contribution in [0.4, 0.5) is 13.2 Å². The molecule has 1 heterocycles. The van der Waals surface area contributed by atoms with Crippen molar-refractivity contribution in [3.05, 3.63) is 17.5 Å². The predicted octanol–water partition coefficient (Wildman–Crippen LogP) is 1.15. The Kier molecular flexibility index (Phi) is 3.96. The largest absolute Gasteiger partial charge is 0.573 e. The Morgan fingerprint density at radius 2 is 2.17 bits per heavy atom. The molecule has 0 amide bonds. The molecule has 1 aromatic rings. The fourth-order valence-corrected chi connectivity index (χ4v) is 1.25. The van der Waals surface area contributed by atoms with Crippen LogP contribution >= 0.6 is 0 Å². The second kappa shape index (κ2) is 5.08. The first-order valence-corrected chi connectivity index (χ1v) is 4.55. The van der Waals surface area contributed by atoms with Gasteiger partial charge in [-0.05, 0) is 0 Å². The number of methoxy groups -OCH3 is 1. The number of halogens is 3. The number of pyridine rings is 1. The molecule has 0 spiro atoms. The number of carboxylic acids is 1. The Balaban J connectivity index is 3.45. The standard InChI is InChI=1S/C9H9F3N2O4/c1-17-5-3-14-4(2-13)6(8(15)16)7(5)18-9(10,11)12/h3H,2,13H2,1H3,(H,15,16). The second-order valence-corrected chi connectivity index (χ2v) is 3.03. The molecule has 3 N–H and O–H groups in total. The Bertz CT molecular complexity index is 462. The van der Waals surface area contributed by atoms with Gasteiger partial charge in [0.2, 0.25) is 0 Å². The van der Waals surface area contributed by atoms with Gasteiger partial charge in [0, 0.05) is 6.54 Å². The number of nitrogens with zero attached hydrogens (tertiary/aromatic N) is 1. The third kappa shape index (κ3) is 3.00. The summed E-state index contributed by atoms with van der Waals surface area (Å²) >= 11 is 0. The van der Waals surface area contributed by atoms with E-state index in [2.05, 4.69) is 14.5 Å². The average Bonchev–Trinajstić information content (AvgIpc) is 2.25. The Labute approximate surface area is 99.1 Å². The lowest BCUT2D eigenvalue weighted by Crippen LogP contribution is -2.21. The molecule has 0 atom stereocenters. The zero-order valence-corrected chi connectivity index (χ0v) is 9.11. The monoisotopic (exact) mass is 266 g/mol. The number of aromatic nitrogens is 1. The molecule has 0 aliphatic carbocycles. The van der Waals surface area contributed by atoms with Gasteiger partial charge < -0.3 is 20.3 Å². The van der Waals surface area contributed by atoms with Gasteiger partial charge in [0.15, 0.2) is 11.5 Å². The minimum absolute atomic E-state index is 0.234. The fraction of sp³-hybridized carbons (Fsp3) is 0.333. The predicted molar refractivity (Wildman–Crippen MR) is 52.3 cm³/mol. The number of carbonyl (C=O) groups is 1. The lowest BCUT2D eigenvalue weighted by Gasteiger charge is -2.15. The molecular weight excluding hydrogens is 257 g/mol. The smallest absolute Gasteiger partial charge is 0.491 e. The van der Waals surface area contributed by atoms with E-state index in [0.717, 1.165) is 13.3 Å². The highest BCUT2D eigenvalue weighted by molar-refractivity contribution is 5.93. The van der Waals surface area contributed by atoms with Crippen molar-refractivity contribution in [1.82, 2.24) is 4.98 Å². The molecule has 1 rings (SSSR count). The van der Waals surface area contributed by atoms with Crippen LogP contribution in [0.1, 0.15) is 16.1 Å². The Morgan fingerprint density at radius 3 is 2.56 bits per heavy atom. The quantitative estimate of drug-likeness (QED) is 0.848. The van der Waals surface area contributed by atoms with E-state index in [0.29, 0.717) is 0 Å². The molecule has 0 aliphatic rings. The molecule has 0 aliphatic heterocycles. The van der Waals surface area contributed by atoms with Crippen molar-refractivity contribution in [2.45, 2.75) is 12.9 Å². The van der Waals surface area contributed by atoms with E-state index in [1.165, 1.54) is 0 Å². The number of aromatic carboxylic acids is 1. The van der Waals surface area contributed by atoms with Gasteiger partial charge in [-0.25, -0.2) is 4.79 Å². The molecule has 0 aromatic carbocycles. The first kappa shape index (κ1) is 14.0. The molecule has 0 radical (unpaired) electrons. The molecule has 9 heteroatoms. The number of rotatable bonds is 4. The highest BCUT2D eigenvalue weighted by Crippen LogP contribution is 2.36. The molecule has 0 unspecified atom stereocenters. The van der Waals surface area contributed by atoms with Crippen LogP contribution < -0.4 is 15.2 Å². The third-order valence-electron chi connectivity index (χ3n) is 1.92. The summed E-state index contributed by atoms with van der Waals surface area (Å²) in [5.41, 5.74) is 4.21. The third-order valence-corrected chi connectivity index (χ3v) is 1.92. The zero-order chi connectivity index (χ0) is 13.9. The number of hydrogen-bond acceptors (Lipinski definition) is 5. The molecule has 0 fully saturated rings. The van der Waals surface area contributed by atoms with Gasteiger partial charge in [-0.15, -0.1) is 13.2 Å². The molecule has 6 nitrogen and oxygen atoms in total. The van der Waals surface area contributed by atoms with Gasteiger partial charge in [-0.3, -0.25) is 4.98 Å². The first-order valence-electron chi connectivity index (χ1n) is 4.55. The van der Waals surface area contributed by atoms with Crippen molar-refractivity contribution in [2.24, 2.45) is 5.73 Å². The summed E-state index contributed by atoms with van der Waals surface area (Å²) in [6.45, 7) is -0.347. The lowest BCUT2D eigenvalue weighted by molar-refractivity contribution is -0.275. The number of hydrogen-bond donors (Lipinski definition) is 2. The van der Waals surface area contributed by atoms with Crippen molar-refractivity contribution in [3.8, 4) is 11.5 Å². The maximum atomic E-state index is 12.2. The van der Waals surface area contributed by atoms with Crippen LogP contribution in [0.15, 0.2) is 6.20 Å². The van der Waals surface area contributed by atoms with Crippen LogP contribution in [0, 0.1) is 0 Å². The van der Waals surface area contributed by atoms with Crippen LogP contribution in [0.25, 0.3) is 0 Å². The van der Waals surface area contributed by atoms with Gasteiger partial charge in [0.25, 0.3) is 0 Å². The lowest BCUT2D eigenvalue weighted by atomic mass is 10.1. The first-order chi connectivity index (χ1) is 8.30. The van der Waals surface area contributed by atoms with Crippen LogP contribution in [0.3, 0.4) is 0 Å². The molecule has 0 saturated heterocycles. The van der Waals surface area contributed by atoms with Crippen molar-refractivity contribution >= 4 is 5.97 Å². The van der Waals surface area contributed by atoms with Crippen LogP contribution in [0.5, 0.6) is 11.5 Å². The fourth-order valence-electron chi connectivity index (χ4n) is 1.25. The zero-order valence-electron chi connectivity index (χ0n) is 9.11. The van der Waals surface area contributed by atoms with Crippen molar-refractivity contribution in [1.29, 1.82) is 0 Å². The van der Waals surface area contributed by atoms with E-state index < -0.39 is 29.4 Å². The maximum absolute atomic E-state index is 12.2. The van der Waals surface area contributed by atoms with Gasteiger partial charge in [-0.2, -0.15) is 0 Å². The summed E-state index contributed by atoms with van der Waals surface area (Å²) in [5, 5.41) is 8.90. The van der Waals surface area contributed by atoms with Crippen LogP contribution in [0.2, 0.25) is 0 Å². The van der Waals surface area contributed by atoms with Crippen molar-refractivity contribution < 1.29 is 32.5 Å². The topological polar surface area (TPSA) is 94.7 Å². The Hall–Kier alpha value is -2.03. The van der Waals surface area contributed by atoms with Crippen LogP contribution in [-0.4, -0.2) is 29.5 Å². The van der Waals surface area contributed by atoms with E-state index in [1.807, 2.05) is 0 Å². The SMILES string of the molecule is COc1cnc(CN)c(C(=O)O)c1OC(F)(F)F. The van der Waals surface area contributed by atoms with Crippen molar-refractivity contribution in [2.75, 3.05) is 7.11 Å². The van der Waals surface area contributed by atoms with E-state index in [-0.39, 0.29) is 12.2 Å². The second-order valence-electron chi connectivity index (χ2n) is 3.03. The summed E-state index contributed by atoms with van der Waals surface area (Å²) in [6.07, 6.45) is -4.14. The summed E-state index contributed by atoms with van der Waals surface area (Å²) < 4.78 is 44.9. The van der Waals surface area contributed by atoms with Gasteiger partial charge in [0.1, 0.15) is 5.56 Å². The highest BCUT2D eigenvalue weighted by atomic mass is 19.4. The molecule has 18 heavy (non-hydrogen) atoms. The summed E-state index contributed by atoms with van der Waals surface area (Å²) in [6, 6.07) is 0. The molecular formula is C9H9F3N2O4. The van der Waals surface area contributed by atoms with Gasteiger partial charge in [0.05, 0.1) is 19.0 Å². The molecule has 0 saturated carbocycles. The summed E-state index contributed by atoms with van der Waals surface area (Å²) in [7, 11) is 1.06. The van der Waals surface area contributed by atoms with Crippen molar-refractivity contribution in [3.63, 3.8) is 0 Å². The highest BCUT2D eigenvalue weighted by Gasteiger charge is 2.36. The summed E-state index contributed by atoms with van der Waals surface area (Å²) in [4.78, 5) is 14.6. The average molecular weight is 266 g/mol.